The molecule has 1 aromatic heterocycles. The van der Waals surface area contributed by atoms with Crippen molar-refractivity contribution in [2.45, 2.75) is 32.9 Å². The lowest BCUT2D eigenvalue weighted by Gasteiger charge is -2.05. The number of carbonyl (C=O) groups is 1. The minimum Gasteiger partial charge on any atom is -0.441 e. The summed E-state index contributed by atoms with van der Waals surface area (Å²) < 4.78 is 5.84. The van der Waals surface area contributed by atoms with E-state index in [0.29, 0.717) is 23.9 Å². The van der Waals surface area contributed by atoms with Crippen LogP contribution in [0.2, 0.25) is 0 Å². The molecule has 3 aromatic rings. The summed E-state index contributed by atoms with van der Waals surface area (Å²) in [4.78, 5) is 16.7. The maximum atomic E-state index is 12.1. The van der Waals surface area contributed by atoms with Gasteiger partial charge in [-0.1, -0.05) is 48.0 Å². The van der Waals surface area contributed by atoms with E-state index in [-0.39, 0.29) is 5.91 Å². The van der Waals surface area contributed by atoms with E-state index in [0.717, 1.165) is 29.0 Å². The number of nitrogens with one attached hydrogen (secondary N) is 1. The Balaban J connectivity index is 1.44. The second-order valence-corrected chi connectivity index (χ2v) is 7.90. The number of hydrogen-bond acceptors (Lipinski definition) is 4. The van der Waals surface area contributed by atoms with Gasteiger partial charge in [0.15, 0.2) is 0 Å². The Morgan fingerprint density at radius 3 is 2.57 bits per heavy atom. The Morgan fingerprint density at radius 1 is 1.07 bits per heavy atom. The third kappa shape index (κ3) is 5.49. The molecule has 0 saturated heterocycles. The smallest absolute Gasteiger partial charge is 0.230 e. The van der Waals surface area contributed by atoms with Crippen LogP contribution in [0.1, 0.15) is 28.1 Å². The van der Waals surface area contributed by atoms with Crippen LogP contribution in [0.3, 0.4) is 0 Å². The molecule has 146 valence electrons. The lowest BCUT2D eigenvalue weighted by Crippen LogP contribution is -2.27. The minimum absolute atomic E-state index is 0.0531. The van der Waals surface area contributed by atoms with E-state index in [4.69, 9.17) is 4.42 Å². The molecule has 0 radical (unpaired) electrons. The van der Waals surface area contributed by atoms with Crippen LogP contribution in [0.4, 0.5) is 0 Å². The van der Waals surface area contributed by atoms with Crippen molar-refractivity contribution in [2.24, 2.45) is 0 Å². The summed E-state index contributed by atoms with van der Waals surface area (Å²) in [5.74, 6) is 2.59. The molecular formula is C23H26N2O2S. The van der Waals surface area contributed by atoms with Crippen LogP contribution in [0.25, 0.3) is 11.5 Å². The van der Waals surface area contributed by atoms with Gasteiger partial charge < -0.3 is 9.73 Å². The molecule has 0 atom stereocenters. The quantitative estimate of drug-likeness (QED) is 0.593. The molecule has 28 heavy (non-hydrogen) atoms. The van der Waals surface area contributed by atoms with Gasteiger partial charge >= 0.3 is 0 Å². The number of aromatic nitrogens is 1. The first kappa shape index (κ1) is 20.2. The molecule has 1 heterocycles. The van der Waals surface area contributed by atoms with Gasteiger partial charge in [0.2, 0.25) is 11.8 Å². The normalized spacial score (nSPS) is 10.8. The fraction of sp³-hybridized carbons (Fsp3) is 0.304. The van der Waals surface area contributed by atoms with Gasteiger partial charge in [-0.25, -0.2) is 4.98 Å². The van der Waals surface area contributed by atoms with E-state index >= 15 is 0 Å². The maximum Gasteiger partial charge on any atom is 0.230 e. The predicted molar refractivity (Wildman–Crippen MR) is 115 cm³/mol. The number of hydrogen-bond donors (Lipinski definition) is 1. The summed E-state index contributed by atoms with van der Waals surface area (Å²) in [6, 6.07) is 16.4. The van der Waals surface area contributed by atoms with Gasteiger partial charge in [0.05, 0.1) is 11.4 Å². The van der Waals surface area contributed by atoms with Gasteiger partial charge in [0.1, 0.15) is 5.76 Å². The second kappa shape index (κ2) is 9.60. The van der Waals surface area contributed by atoms with Crippen molar-refractivity contribution in [1.82, 2.24) is 10.3 Å². The van der Waals surface area contributed by atoms with E-state index in [1.54, 1.807) is 11.8 Å². The van der Waals surface area contributed by atoms with E-state index in [1.165, 1.54) is 11.1 Å². The van der Waals surface area contributed by atoms with Gasteiger partial charge in [0.25, 0.3) is 0 Å². The molecule has 0 fully saturated rings. The zero-order chi connectivity index (χ0) is 19.9. The summed E-state index contributed by atoms with van der Waals surface area (Å²) in [6.45, 7) is 6.70. The highest BCUT2D eigenvalue weighted by Gasteiger charge is 2.13. The third-order valence-corrected chi connectivity index (χ3v) is 5.54. The Morgan fingerprint density at radius 2 is 1.82 bits per heavy atom. The Kier molecular flexibility index (Phi) is 6.93. The first-order valence-corrected chi connectivity index (χ1v) is 10.6. The summed E-state index contributed by atoms with van der Waals surface area (Å²) in [7, 11) is 0. The number of nitrogens with zero attached hydrogens (tertiary/aromatic N) is 1. The summed E-state index contributed by atoms with van der Waals surface area (Å²) in [5.41, 5.74) is 5.53. The molecule has 3 rings (SSSR count). The number of amides is 1. The van der Waals surface area contributed by atoms with Crippen LogP contribution in [-0.2, 0) is 17.0 Å². The molecule has 1 N–H and O–H groups in total. The first-order valence-electron chi connectivity index (χ1n) is 9.45. The van der Waals surface area contributed by atoms with Crippen LogP contribution in [-0.4, -0.2) is 23.2 Å². The molecule has 0 aliphatic heterocycles. The van der Waals surface area contributed by atoms with E-state index in [2.05, 4.69) is 41.5 Å². The average Bonchev–Trinajstić information content (AvgIpc) is 3.04. The number of benzene rings is 2. The van der Waals surface area contributed by atoms with Crippen molar-refractivity contribution >= 4 is 17.7 Å². The Hall–Kier alpha value is -2.53. The van der Waals surface area contributed by atoms with Gasteiger partial charge in [-0.3, -0.25) is 4.79 Å². The van der Waals surface area contributed by atoms with Gasteiger partial charge in [0, 0.05) is 17.9 Å². The van der Waals surface area contributed by atoms with Crippen LogP contribution < -0.4 is 5.32 Å². The predicted octanol–water partition coefficient (Wildman–Crippen LogP) is 4.86. The average molecular weight is 395 g/mol. The number of oxazole rings is 1. The van der Waals surface area contributed by atoms with Crippen LogP contribution in [0.15, 0.2) is 52.9 Å². The molecule has 4 nitrogen and oxygen atoms in total. The van der Waals surface area contributed by atoms with Crippen molar-refractivity contribution in [1.29, 1.82) is 0 Å². The summed E-state index contributed by atoms with van der Waals surface area (Å²) >= 11 is 1.56. The van der Waals surface area contributed by atoms with Crippen molar-refractivity contribution in [3.63, 3.8) is 0 Å². The highest BCUT2D eigenvalue weighted by atomic mass is 32.2. The lowest BCUT2D eigenvalue weighted by molar-refractivity contribution is -0.118. The molecule has 0 aliphatic rings. The molecule has 0 aliphatic carbocycles. The molecule has 0 bridgehead atoms. The Bertz CT molecular complexity index is 932. The fourth-order valence-electron chi connectivity index (χ4n) is 2.88. The summed E-state index contributed by atoms with van der Waals surface area (Å²) in [6.07, 6.45) is 0.846. The minimum atomic E-state index is 0.0531. The van der Waals surface area contributed by atoms with Crippen molar-refractivity contribution < 1.29 is 9.21 Å². The molecule has 0 saturated carbocycles. The number of rotatable bonds is 8. The molecule has 2 aromatic carbocycles. The third-order valence-electron chi connectivity index (χ3n) is 4.60. The van der Waals surface area contributed by atoms with Crippen LogP contribution in [0.5, 0.6) is 0 Å². The maximum absolute atomic E-state index is 12.1. The molecular weight excluding hydrogens is 368 g/mol. The number of carbonyl (C=O) groups excluding carboxylic acids is 1. The zero-order valence-corrected chi connectivity index (χ0v) is 17.4. The number of thioether (sulfide) groups is 1. The Labute approximate surface area is 170 Å². The van der Waals surface area contributed by atoms with Gasteiger partial charge in [-0.2, -0.15) is 0 Å². The molecule has 1 amide bonds. The topological polar surface area (TPSA) is 55.1 Å². The van der Waals surface area contributed by atoms with Crippen LogP contribution >= 0.6 is 11.8 Å². The zero-order valence-electron chi connectivity index (χ0n) is 16.6. The standard InChI is InChI=1S/C23H26N2O2S/c1-16-8-10-19(11-9-16)12-13-24-22(26)15-28-14-21-18(3)27-23(25-21)20-7-5-4-6-17(20)2/h4-11H,12-15H2,1-3H3,(H,24,26). The monoisotopic (exact) mass is 394 g/mol. The van der Waals surface area contributed by atoms with Crippen LogP contribution in [0, 0.1) is 20.8 Å². The van der Waals surface area contributed by atoms with Crippen molar-refractivity contribution in [3.05, 3.63) is 76.7 Å². The fourth-order valence-corrected chi connectivity index (χ4v) is 3.73. The highest BCUT2D eigenvalue weighted by Crippen LogP contribution is 2.26. The largest absolute Gasteiger partial charge is 0.441 e. The first-order chi connectivity index (χ1) is 13.5. The van der Waals surface area contributed by atoms with Crippen molar-refractivity contribution in [2.75, 3.05) is 12.3 Å². The SMILES string of the molecule is Cc1ccc(CCNC(=O)CSCc2nc(-c3ccccc3C)oc2C)cc1. The van der Waals surface area contributed by atoms with Crippen molar-refractivity contribution in [3.8, 4) is 11.5 Å². The van der Waals surface area contributed by atoms with E-state index < -0.39 is 0 Å². The van der Waals surface area contributed by atoms with E-state index in [9.17, 15) is 4.79 Å². The lowest BCUT2D eigenvalue weighted by atomic mass is 10.1. The number of aryl methyl sites for hydroxylation is 3. The second-order valence-electron chi connectivity index (χ2n) is 6.92. The summed E-state index contributed by atoms with van der Waals surface area (Å²) in [5, 5.41) is 2.98. The molecule has 5 heteroatoms. The van der Waals surface area contributed by atoms with Gasteiger partial charge in [-0.05, 0) is 44.4 Å². The van der Waals surface area contributed by atoms with E-state index in [1.807, 2.05) is 38.1 Å². The molecule has 0 unspecified atom stereocenters. The highest BCUT2D eigenvalue weighted by molar-refractivity contribution is 7.99. The molecule has 0 spiro atoms. The van der Waals surface area contributed by atoms with Gasteiger partial charge in [-0.15, -0.1) is 11.8 Å².